The van der Waals surface area contributed by atoms with Crippen LogP contribution >= 0.6 is 43.4 Å². The van der Waals surface area contributed by atoms with Gasteiger partial charge in [0.15, 0.2) is 5.78 Å². The number of halogens is 2. The van der Waals surface area contributed by atoms with Gasteiger partial charge in [-0.05, 0) is 65.3 Å². The molecule has 0 heterocycles. The van der Waals surface area contributed by atoms with Gasteiger partial charge in [0.2, 0.25) is 5.24 Å². The summed E-state index contributed by atoms with van der Waals surface area (Å²) in [4.78, 5) is 23.3. The van der Waals surface area contributed by atoms with Crippen LogP contribution in [0, 0.1) is 10.8 Å². The molecular formula is C48H54BrClO2P2. The molecule has 0 amide bonds. The van der Waals surface area contributed by atoms with E-state index in [1.807, 2.05) is 51.1 Å². The molecule has 0 radical (unpaired) electrons. The van der Waals surface area contributed by atoms with Crippen molar-refractivity contribution in [3.05, 3.63) is 180 Å². The number of Topliss-reactive ketones (excluding diaryl/α,β-unsaturated/α-hetero) is 1. The van der Waals surface area contributed by atoms with Crippen LogP contribution in [0.5, 0.6) is 0 Å². The number of carbonyl (C=O) groups excluding carboxylic acids is 2. The minimum Gasteiger partial charge on any atom is -0.294 e. The van der Waals surface area contributed by atoms with Gasteiger partial charge in [-0.15, -0.1) is 0 Å². The van der Waals surface area contributed by atoms with Gasteiger partial charge >= 0.3 is 0 Å². The van der Waals surface area contributed by atoms with Gasteiger partial charge in [-0.25, -0.2) is 0 Å². The molecule has 0 aliphatic carbocycles. The van der Waals surface area contributed by atoms with Crippen LogP contribution in [-0.4, -0.2) is 11.0 Å². The first-order valence-corrected chi connectivity index (χ1v) is 21.0. The number of hydrogen-bond acceptors (Lipinski definition) is 2. The Kier molecular flexibility index (Phi) is 18.9. The first-order chi connectivity index (χ1) is 24.8. The predicted molar refractivity (Wildman–Crippen MR) is 246 cm³/mol. The standard InChI is InChI=1S/C23H23OP.C18H14BrP.C5H9ClO.2CH4/c1-23(2,3)22(24)20-16-10-11-17-21(20)25(18-12-6-4-7-13-18)19-14-8-5-9-15-19;19-17-13-7-8-14-18(17)20(15-9-3-1-4-10-15)16-11-5-2-6-12-16;1-5(2,3)4(6)7;;/h4-17H,1-3H3;1-14H;1-3H3;2*1H4. The van der Waals surface area contributed by atoms with Crippen molar-refractivity contribution in [2.24, 2.45) is 10.8 Å². The molecule has 0 atom stereocenters. The third kappa shape index (κ3) is 13.2. The van der Waals surface area contributed by atoms with Crippen LogP contribution in [0.3, 0.4) is 0 Å². The Morgan fingerprint density at radius 2 is 0.722 bits per heavy atom. The first kappa shape index (κ1) is 46.4. The van der Waals surface area contributed by atoms with Crippen molar-refractivity contribution < 1.29 is 9.59 Å². The molecule has 0 spiro atoms. The summed E-state index contributed by atoms with van der Waals surface area (Å²) in [6.45, 7) is 11.3. The van der Waals surface area contributed by atoms with Gasteiger partial charge in [-0.1, -0.05) is 236 Å². The molecule has 0 saturated carbocycles. The van der Waals surface area contributed by atoms with E-state index in [2.05, 4.69) is 155 Å². The van der Waals surface area contributed by atoms with Crippen LogP contribution < -0.4 is 31.8 Å². The normalized spacial score (nSPS) is 10.8. The fourth-order valence-corrected chi connectivity index (χ4v) is 10.6. The van der Waals surface area contributed by atoms with Gasteiger partial charge in [-0.2, -0.15) is 0 Å². The van der Waals surface area contributed by atoms with Gasteiger partial charge in [0, 0.05) is 20.9 Å². The molecule has 0 aliphatic rings. The highest BCUT2D eigenvalue weighted by molar-refractivity contribution is 9.10. The molecule has 6 rings (SSSR count). The highest BCUT2D eigenvalue weighted by Crippen LogP contribution is 2.36. The van der Waals surface area contributed by atoms with Crippen LogP contribution in [0.1, 0.15) is 66.8 Å². The van der Waals surface area contributed by atoms with E-state index in [1.54, 1.807) is 20.8 Å². The summed E-state index contributed by atoms with van der Waals surface area (Å²) in [5, 5.41) is 7.49. The molecule has 0 bridgehead atoms. The average Bonchev–Trinajstić information content (AvgIpc) is 3.14. The van der Waals surface area contributed by atoms with E-state index in [0.29, 0.717) is 0 Å². The summed E-state index contributed by atoms with van der Waals surface area (Å²) < 4.78 is 1.18. The van der Waals surface area contributed by atoms with E-state index in [4.69, 9.17) is 11.6 Å². The quantitative estimate of drug-likeness (QED) is 0.0912. The Bertz CT molecular complexity index is 1930. The van der Waals surface area contributed by atoms with Crippen LogP contribution in [0.2, 0.25) is 0 Å². The lowest BCUT2D eigenvalue weighted by molar-refractivity contribution is -0.118. The highest BCUT2D eigenvalue weighted by atomic mass is 79.9. The second-order valence-corrected chi connectivity index (χ2v) is 19.7. The van der Waals surface area contributed by atoms with Crippen LogP contribution in [-0.2, 0) is 4.79 Å². The lowest BCUT2D eigenvalue weighted by atomic mass is 9.86. The van der Waals surface area contributed by atoms with Crippen molar-refractivity contribution in [3.63, 3.8) is 0 Å². The van der Waals surface area contributed by atoms with Crippen molar-refractivity contribution in [1.29, 1.82) is 0 Å². The van der Waals surface area contributed by atoms with E-state index < -0.39 is 21.3 Å². The third-order valence-corrected chi connectivity index (χ3v) is 14.4. The smallest absolute Gasteiger partial charge is 0.226 e. The van der Waals surface area contributed by atoms with Crippen molar-refractivity contribution in [1.82, 2.24) is 0 Å². The number of carbonyl (C=O) groups is 2. The summed E-state index contributed by atoms with van der Waals surface area (Å²) in [6.07, 6.45) is 0. The van der Waals surface area contributed by atoms with E-state index in [1.165, 1.54) is 31.0 Å². The Morgan fingerprint density at radius 1 is 0.444 bits per heavy atom. The van der Waals surface area contributed by atoms with Gasteiger partial charge in [0.25, 0.3) is 0 Å². The zero-order valence-corrected chi connectivity index (χ0v) is 34.8. The molecule has 0 unspecified atom stereocenters. The summed E-state index contributed by atoms with van der Waals surface area (Å²) in [5.41, 5.74) is 0.0697. The van der Waals surface area contributed by atoms with Gasteiger partial charge in [0.05, 0.1) is 0 Å². The van der Waals surface area contributed by atoms with Crippen molar-refractivity contribution in [2.45, 2.75) is 56.4 Å². The van der Waals surface area contributed by atoms with Gasteiger partial charge in [0.1, 0.15) is 0 Å². The number of hydrogen-bond donors (Lipinski definition) is 0. The minimum atomic E-state index is -0.767. The minimum absolute atomic E-state index is 0. The van der Waals surface area contributed by atoms with E-state index >= 15 is 0 Å². The molecule has 0 aromatic heterocycles. The molecule has 54 heavy (non-hydrogen) atoms. The second-order valence-electron chi connectivity index (χ2n) is 14.1. The molecule has 0 fully saturated rings. The second kappa shape index (κ2) is 22.0. The van der Waals surface area contributed by atoms with Crippen molar-refractivity contribution in [2.75, 3.05) is 0 Å². The fourth-order valence-electron chi connectivity index (χ4n) is 5.06. The Labute approximate surface area is 341 Å². The van der Waals surface area contributed by atoms with Crippen molar-refractivity contribution >= 4 is 86.2 Å². The van der Waals surface area contributed by atoms with Gasteiger partial charge in [-0.3, -0.25) is 9.59 Å². The van der Waals surface area contributed by atoms with E-state index in [9.17, 15) is 9.59 Å². The third-order valence-electron chi connectivity index (χ3n) is 7.81. The molecular weight excluding hydrogens is 786 g/mol. The SMILES string of the molecule is Brc1ccccc1P(c1ccccc1)c1ccccc1.C.C.CC(C)(C)C(=O)Cl.CC(C)(C)C(=O)c1ccccc1P(c1ccccc1)c1ccccc1. The van der Waals surface area contributed by atoms with Crippen LogP contribution in [0.25, 0.3) is 0 Å². The molecule has 0 aliphatic heterocycles. The maximum Gasteiger partial charge on any atom is 0.226 e. The lowest BCUT2D eigenvalue weighted by Gasteiger charge is -2.24. The zero-order chi connectivity index (χ0) is 37.7. The Balaban J connectivity index is 0.000000313. The average molecular weight is 840 g/mol. The molecule has 0 saturated heterocycles. The van der Waals surface area contributed by atoms with E-state index in [-0.39, 0.29) is 31.3 Å². The predicted octanol–water partition coefficient (Wildman–Crippen LogP) is 12.0. The lowest BCUT2D eigenvalue weighted by Crippen LogP contribution is -2.29. The Morgan fingerprint density at radius 3 is 1.04 bits per heavy atom. The topological polar surface area (TPSA) is 34.1 Å². The maximum atomic E-state index is 13.1. The summed E-state index contributed by atoms with van der Waals surface area (Å²) >= 11 is 8.82. The number of benzene rings is 6. The monoisotopic (exact) mass is 838 g/mol. The molecule has 0 N–H and O–H groups in total. The molecule has 2 nitrogen and oxygen atoms in total. The van der Waals surface area contributed by atoms with Crippen LogP contribution in [0.4, 0.5) is 0 Å². The Hall–Kier alpha value is -3.71. The highest BCUT2D eigenvalue weighted by Gasteiger charge is 2.28. The maximum absolute atomic E-state index is 13.1. The molecule has 6 aromatic carbocycles. The largest absolute Gasteiger partial charge is 0.294 e. The number of ketones is 1. The van der Waals surface area contributed by atoms with E-state index in [0.717, 1.165) is 10.9 Å². The molecule has 282 valence electrons. The first-order valence-electron chi connectivity index (χ1n) is 17.2. The van der Waals surface area contributed by atoms with Crippen molar-refractivity contribution in [3.8, 4) is 0 Å². The summed E-state index contributed by atoms with van der Waals surface area (Å²) in [5.74, 6) is 0.197. The van der Waals surface area contributed by atoms with Crippen LogP contribution in [0.15, 0.2) is 174 Å². The number of rotatable bonds is 7. The zero-order valence-electron chi connectivity index (χ0n) is 30.6. The summed E-state index contributed by atoms with van der Waals surface area (Å²) in [7, 11) is -1.28. The molecule has 6 heteroatoms. The summed E-state index contributed by atoms with van der Waals surface area (Å²) in [6, 6.07) is 59.1. The van der Waals surface area contributed by atoms with Gasteiger partial charge < -0.3 is 0 Å². The molecule has 6 aromatic rings. The fraction of sp³-hybridized carbons (Fsp3) is 0.208.